The van der Waals surface area contributed by atoms with Gasteiger partial charge < -0.3 is 32.3 Å². The number of Topliss-reactive ketones (excluding diaryl/α,β-unsaturated/α-hetero) is 2. The van der Waals surface area contributed by atoms with Crippen molar-refractivity contribution in [3.63, 3.8) is 0 Å². The van der Waals surface area contributed by atoms with E-state index in [9.17, 15) is 38.4 Å². The number of nitrogens with two attached hydrogens (primary N) is 1. The van der Waals surface area contributed by atoms with Gasteiger partial charge in [0.05, 0.1) is 12.6 Å². The zero-order chi connectivity index (χ0) is 40.7. The van der Waals surface area contributed by atoms with Gasteiger partial charge in [-0.25, -0.2) is 0 Å². The second-order valence-corrected chi connectivity index (χ2v) is 15.3. The van der Waals surface area contributed by atoms with Gasteiger partial charge in [0.15, 0.2) is 5.78 Å². The van der Waals surface area contributed by atoms with Crippen LogP contribution in [-0.4, -0.2) is 72.2 Å². The highest BCUT2D eigenvalue weighted by molar-refractivity contribution is 6.37. The molecular formula is C42H64N6O8. The summed E-state index contributed by atoms with van der Waals surface area (Å²) < 4.78 is 0. The minimum absolute atomic E-state index is 0.00791. The minimum atomic E-state index is -1.10. The highest BCUT2D eigenvalue weighted by Gasteiger charge is 2.33. The predicted molar refractivity (Wildman–Crippen MR) is 211 cm³/mol. The second kappa shape index (κ2) is 25.5. The van der Waals surface area contributed by atoms with E-state index < -0.39 is 54.1 Å². The van der Waals surface area contributed by atoms with E-state index in [2.05, 4.69) is 26.6 Å². The SMILES string of the molecule is CCCC(CCCC(=O)[C@@H]1CCCCNC(=O)CCCCCCCC(=O)N[C@@H](C2CCCCC2)C(=O)N1)C(=O)C(=O)NCC(=O)N[C@H](C(N)=O)c1ccccc1. The zero-order valence-electron chi connectivity index (χ0n) is 33.2. The van der Waals surface area contributed by atoms with Crippen molar-refractivity contribution in [1.29, 1.82) is 0 Å². The molecule has 2 fully saturated rings. The molecule has 1 saturated heterocycles. The molecular weight excluding hydrogens is 716 g/mol. The van der Waals surface area contributed by atoms with Gasteiger partial charge in [-0.15, -0.1) is 0 Å². The molecule has 0 bridgehead atoms. The van der Waals surface area contributed by atoms with Gasteiger partial charge in [-0.1, -0.05) is 82.2 Å². The molecule has 14 nitrogen and oxygen atoms in total. The largest absolute Gasteiger partial charge is 0.368 e. The molecule has 1 heterocycles. The van der Waals surface area contributed by atoms with Gasteiger partial charge >= 0.3 is 0 Å². The van der Waals surface area contributed by atoms with E-state index in [0.717, 1.165) is 57.8 Å². The van der Waals surface area contributed by atoms with Gasteiger partial charge in [0.1, 0.15) is 12.1 Å². The van der Waals surface area contributed by atoms with Crippen molar-refractivity contribution in [1.82, 2.24) is 26.6 Å². The summed E-state index contributed by atoms with van der Waals surface area (Å²) in [5, 5.41) is 13.8. The number of hydrogen-bond donors (Lipinski definition) is 6. The number of ketones is 2. The van der Waals surface area contributed by atoms with Crippen LogP contribution < -0.4 is 32.3 Å². The van der Waals surface area contributed by atoms with Crippen molar-refractivity contribution >= 4 is 47.0 Å². The number of hydrogen-bond acceptors (Lipinski definition) is 8. The Hall–Kier alpha value is -4.62. The lowest BCUT2D eigenvalue weighted by Crippen LogP contribution is -2.54. The van der Waals surface area contributed by atoms with Crippen LogP contribution in [0.3, 0.4) is 0 Å². The van der Waals surface area contributed by atoms with Crippen LogP contribution in [0.1, 0.15) is 147 Å². The fourth-order valence-corrected chi connectivity index (χ4v) is 7.64. The molecule has 0 aromatic heterocycles. The molecule has 56 heavy (non-hydrogen) atoms. The van der Waals surface area contributed by atoms with Gasteiger partial charge in [0.25, 0.3) is 5.91 Å². The van der Waals surface area contributed by atoms with Crippen LogP contribution >= 0.6 is 0 Å². The molecule has 1 aliphatic heterocycles. The Labute approximate surface area is 331 Å². The molecule has 1 unspecified atom stereocenters. The molecule has 6 amide bonds. The molecule has 0 spiro atoms. The molecule has 14 heteroatoms. The highest BCUT2D eigenvalue weighted by atomic mass is 16.2. The van der Waals surface area contributed by atoms with Gasteiger partial charge in [0, 0.05) is 31.7 Å². The monoisotopic (exact) mass is 780 g/mol. The maximum Gasteiger partial charge on any atom is 0.288 e. The lowest BCUT2D eigenvalue weighted by molar-refractivity contribution is -0.141. The third-order valence-corrected chi connectivity index (χ3v) is 10.8. The van der Waals surface area contributed by atoms with E-state index in [1.54, 1.807) is 30.3 Å². The number of amides is 6. The summed E-state index contributed by atoms with van der Waals surface area (Å²) in [4.78, 5) is 104. The van der Waals surface area contributed by atoms with Crippen molar-refractivity contribution in [2.45, 2.75) is 153 Å². The van der Waals surface area contributed by atoms with E-state index in [0.29, 0.717) is 69.9 Å². The van der Waals surface area contributed by atoms with Gasteiger partial charge in [-0.3, -0.25) is 38.4 Å². The van der Waals surface area contributed by atoms with E-state index in [1.165, 1.54) is 0 Å². The number of carbonyl (C=O) groups is 8. The maximum absolute atomic E-state index is 13.9. The van der Waals surface area contributed by atoms with E-state index >= 15 is 0 Å². The lowest BCUT2D eigenvalue weighted by atomic mass is 9.83. The number of primary amides is 1. The first-order chi connectivity index (χ1) is 27.0. The first-order valence-corrected chi connectivity index (χ1v) is 20.8. The smallest absolute Gasteiger partial charge is 0.288 e. The van der Waals surface area contributed by atoms with Gasteiger partial charge in [-0.2, -0.15) is 0 Å². The first kappa shape index (κ1) is 45.8. The van der Waals surface area contributed by atoms with Crippen LogP contribution in [0.25, 0.3) is 0 Å². The summed E-state index contributed by atoms with van der Waals surface area (Å²) in [7, 11) is 0. The van der Waals surface area contributed by atoms with Crippen LogP contribution in [0.2, 0.25) is 0 Å². The molecule has 1 aliphatic carbocycles. The van der Waals surface area contributed by atoms with Crippen LogP contribution in [0, 0.1) is 11.8 Å². The summed E-state index contributed by atoms with van der Waals surface area (Å²) in [5.74, 6) is -4.54. The van der Waals surface area contributed by atoms with Crippen molar-refractivity contribution in [2.75, 3.05) is 13.1 Å². The Bertz CT molecular complexity index is 1460. The fraction of sp³-hybridized carbons (Fsp3) is 0.667. The van der Waals surface area contributed by atoms with Crippen molar-refractivity contribution in [2.24, 2.45) is 17.6 Å². The van der Waals surface area contributed by atoms with E-state index in [4.69, 9.17) is 5.73 Å². The summed E-state index contributed by atoms with van der Waals surface area (Å²) in [6.45, 7) is 1.82. The normalized spacial score (nSPS) is 21.0. The Morgan fingerprint density at radius 3 is 2.11 bits per heavy atom. The lowest BCUT2D eigenvalue weighted by Gasteiger charge is -2.31. The standard InChI is InChI=1S/C42H64N6O8/c1-2-17-31(39(53)42(56)45-28-36(52)48-37(40(43)54)29-18-8-6-9-19-29)22-16-24-33(49)32-23-14-15-27-44-34(50)25-12-4-3-5-13-26-35(51)47-38(41(55)46-32)30-20-10-7-11-21-30/h6,8-9,18-19,30-32,37-38H,2-5,7,10-17,20-28H2,1H3,(H2,43,54)(H,44,50)(H,45,56)(H,46,55)(H,47,51)(H,48,52)/t31?,32-,37-,38-/m0/s1. The first-order valence-electron chi connectivity index (χ1n) is 20.8. The molecule has 1 saturated carbocycles. The third-order valence-electron chi connectivity index (χ3n) is 10.8. The quantitative estimate of drug-likeness (QED) is 0.144. The van der Waals surface area contributed by atoms with E-state index in [1.807, 2.05) is 6.92 Å². The molecule has 310 valence electrons. The molecule has 1 aromatic rings. The Balaban J connectivity index is 1.62. The molecule has 2 aliphatic rings. The summed E-state index contributed by atoms with van der Waals surface area (Å²) >= 11 is 0. The summed E-state index contributed by atoms with van der Waals surface area (Å²) in [6, 6.07) is 5.76. The summed E-state index contributed by atoms with van der Waals surface area (Å²) in [5.41, 5.74) is 5.95. The maximum atomic E-state index is 13.9. The number of benzene rings is 1. The van der Waals surface area contributed by atoms with Crippen molar-refractivity contribution in [3.8, 4) is 0 Å². The van der Waals surface area contributed by atoms with Gasteiger partial charge in [0.2, 0.25) is 35.3 Å². The number of nitrogens with one attached hydrogen (secondary N) is 5. The minimum Gasteiger partial charge on any atom is -0.368 e. The molecule has 7 N–H and O–H groups in total. The van der Waals surface area contributed by atoms with Crippen molar-refractivity contribution < 1.29 is 38.4 Å². The average Bonchev–Trinajstić information content (AvgIpc) is 3.19. The van der Waals surface area contributed by atoms with Crippen LogP contribution in [0.5, 0.6) is 0 Å². The molecule has 0 radical (unpaired) electrons. The molecule has 4 atom stereocenters. The second-order valence-electron chi connectivity index (χ2n) is 15.3. The topological polar surface area (TPSA) is 223 Å². The Morgan fingerprint density at radius 2 is 1.43 bits per heavy atom. The number of rotatable bonds is 15. The predicted octanol–water partition coefficient (Wildman–Crippen LogP) is 3.75. The zero-order valence-corrected chi connectivity index (χ0v) is 33.2. The number of carbonyl (C=O) groups excluding carboxylic acids is 8. The van der Waals surface area contributed by atoms with Crippen molar-refractivity contribution in [3.05, 3.63) is 35.9 Å². The fourth-order valence-electron chi connectivity index (χ4n) is 7.64. The van der Waals surface area contributed by atoms with Crippen LogP contribution in [0.15, 0.2) is 30.3 Å². The summed E-state index contributed by atoms with van der Waals surface area (Å²) in [6.07, 6.45) is 12.8. The van der Waals surface area contributed by atoms with Crippen LogP contribution in [-0.2, 0) is 38.4 Å². The Kier molecular flexibility index (Phi) is 20.9. The Morgan fingerprint density at radius 1 is 0.786 bits per heavy atom. The average molecular weight is 781 g/mol. The third kappa shape index (κ3) is 16.6. The molecule has 3 rings (SSSR count). The van der Waals surface area contributed by atoms with E-state index in [-0.39, 0.29) is 42.3 Å². The van der Waals surface area contributed by atoms with Gasteiger partial charge in [-0.05, 0) is 75.7 Å². The molecule has 1 aromatic carbocycles. The highest BCUT2D eigenvalue weighted by Crippen LogP contribution is 2.27. The van der Waals surface area contributed by atoms with Crippen LogP contribution in [0.4, 0.5) is 0 Å².